The van der Waals surface area contributed by atoms with E-state index in [1.54, 1.807) is 7.11 Å². The number of fused-ring (bicyclic) bond motifs is 2. The van der Waals surface area contributed by atoms with Crippen molar-refractivity contribution in [2.24, 2.45) is 23.7 Å². The van der Waals surface area contributed by atoms with Gasteiger partial charge in [0.2, 0.25) is 0 Å². The van der Waals surface area contributed by atoms with Crippen molar-refractivity contribution >= 4 is 5.78 Å². The van der Waals surface area contributed by atoms with Crippen molar-refractivity contribution in [3.05, 3.63) is 29.3 Å². The van der Waals surface area contributed by atoms with Crippen molar-refractivity contribution in [1.29, 1.82) is 0 Å². The maximum absolute atomic E-state index is 13.1. The van der Waals surface area contributed by atoms with Crippen LogP contribution in [0.5, 0.6) is 5.75 Å². The third-order valence-electron chi connectivity index (χ3n) is 8.77. The minimum absolute atomic E-state index is 0.0308. The topological polar surface area (TPSA) is 44.8 Å². The Kier molecular flexibility index (Phi) is 7.18. The number of benzene rings is 1. The summed E-state index contributed by atoms with van der Waals surface area (Å²) >= 11 is 0. The standard InChI is InChI=1S/C28H40O4/c1-30-27-11-7-10-20-16-23-21(17-24(20)27)18-25(29)22(23)13-14-26(19-8-3-2-4-9-19)32-28-12-5-6-15-31-28/h7,10-11,19,21-23,26,28H,2-6,8-9,12-18H2,1H3/t21-,22-,23-,26+,28?/m0/s1. The molecule has 0 aromatic heterocycles. The first-order valence-electron chi connectivity index (χ1n) is 13.2. The van der Waals surface area contributed by atoms with Gasteiger partial charge in [0.05, 0.1) is 13.2 Å². The monoisotopic (exact) mass is 440 g/mol. The highest BCUT2D eigenvalue weighted by atomic mass is 16.7. The van der Waals surface area contributed by atoms with Gasteiger partial charge in [-0.1, -0.05) is 31.4 Å². The van der Waals surface area contributed by atoms with Gasteiger partial charge in [0, 0.05) is 18.9 Å². The number of hydrogen-bond donors (Lipinski definition) is 0. The van der Waals surface area contributed by atoms with E-state index in [0.29, 0.717) is 23.5 Å². The van der Waals surface area contributed by atoms with Gasteiger partial charge in [-0.25, -0.2) is 0 Å². The van der Waals surface area contributed by atoms with Crippen molar-refractivity contribution in [1.82, 2.24) is 0 Å². The Morgan fingerprint density at radius 1 is 1.03 bits per heavy atom. The van der Waals surface area contributed by atoms with Crippen LogP contribution >= 0.6 is 0 Å². The van der Waals surface area contributed by atoms with E-state index in [0.717, 1.165) is 57.3 Å². The molecule has 2 saturated carbocycles. The first-order valence-corrected chi connectivity index (χ1v) is 13.2. The summed E-state index contributed by atoms with van der Waals surface area (Å²) in [4.78, 5) is 13.1. The number of methoxy groups -OCH3 is 1. The van der Waals surface area contributed by atoms with E-state index in [4.69, 9.17) is 14.2 Å². The molecule has 1 unspecified atom stereocenters. The Balaban J connectivity index is 1.26. The van der Waals surface area contributed by atoms with Gasteiger partial charge in [-0.15, -0.1) is 0 Å². The molecule has 0 N–H and O–H groups in total. The summed E-state index contributed by atoms with van der Waals surface area (Å²) in [6, 6.07) is 6.40. The lowest BCUT2D eigenvalue weighted by Crippen LogP contribution is -2.35. The lowest BCUT2D eigenvalue weighted by Gasteiger charge is -2.36. The van der Waals surface area contributed by atoms with Gasteiger partial charge in [-0.2, -0.15) is 0 Å². The molecule has 1 saturated heterocycles. The molecule has 1 aromatic carbocycles. The molecule has 32 heavy (non-hydrogen) atoms. The van der Waals surface area contributed by atoms with E-state index in [-0.39, 0.29) is 18.3 Å². The van der Waals surface area contributed by atoms with Gasteiger partial charge in [-0.3, -0.25) is 4.79 Å². The molecule has 0 amide bonds. The molecule has 4 aliphatic rings. The van der Waals surface area contributed by atoms with E-state index in [1.807, 2.05) is 0 Å². The molecule has 176 valence electrons. The molecule has 3 fully saturated rings. The number of rotatable bonds is 7. The zero-order valence-corrected chi connectivity index (χ0v) is 19.7. The van der Waals surface area contributed by atoms with Crippen molar-refractivity contribution in [2.75, 3.05) is 13.7 Å². The van der Waals surface area contributed by atoms with Gasteiger partial charge in [0.1, 0.15) is 11.5 Å². The fourth-order valence-electron chi connectivity index (χ4n) is 7.06. The third kappa shape index (κ3) is 4.77. The Morgan fingerprint density at radius 2 is 1.88 bits per heavy atom. The van der Waals surface area contributed by atoms with Gasteiger partial charge in [0.25, 0.3) is 0 Å². The summed E-state index contributed by atoms with van der Waals surface area (Å²) in [7, 11) is 1.76. The van der Waals surface area contributed by atoms with Crippen molar-refractivity contribution in [3.8, 4) is 5.75 Å². The normalized spacial score (nSPS) is 31.7. The minimum atomic E-state index is -0.0308. The van der Waals surface area contributed by atoms with E-state index in [9.17, 15) is 4.79 Å². The largest absolute Gasteiger partial charge is 0.496 e. The van der Waals surface area contributed by atoms with Gasteiger partial charge in [-0.05, 0) is 92.7 Å². The highest BCUT2D eigenvalue weighted by molar-refractivity contribution is 5.84. The number of ether oxygens (including phenoxy) is 3. The summed E-state index contributed by atoms with van der Waals surface area (Å²) in [5, 5.41) is 0. The lowest BCUT2D eigenvalue weighted by molar-refractivity contribution is -0.202. The molecule has 1 aromatic rings. The smallest absolute Gasteiger partial charge is 0.157 e. The molecular weight excluding hydrogens is 400 g/mol. The zero-order valence-electron chi connectivity index (χ0n) is 19.7. The molecule has 1 aliphatic heterocycles. The molecular formula is C28H40O4. The Morgan fingerprint density at radius 3 is 2.66 bits per heavy atom. The van der Waals surface area contributed by atoms with Crippen molar-refractivity contribution in [2.45, 2.75) is 95.9 Å². The maximum Gasteiger partial charge on any atom is 0.157 e. The Bertz CT molecular complexity index is 778. The fourth-order valence-corrected chi connectivity index (χ4v) is 7.06. The second-order valence-electron chi connectivity index (χ2n) is 10.7. The maximum atomic E-state index is 13.1. The Labute approximate surface area is 193 Å². The van der Waals surface area contributed by atoms with Crippen LogP contribution in [-0.2, 0) is 27.1 Å². The Hall–Kier alpha value is -1.39. The summed E-state index contributed by atoms with van der Waals surface area (Å²) in [5.41, 5.74) is 2.73. The second-order valence-corrected chi connectivity index (χ2v) is 10.7. The van der Waals surface area contributed by atoms with Crippen LogP contribution in [0.1, 0.15) is 81.8 Å². The summed E-state index contributed by atoms with van der Waals surface area (Å²) < 4.78 is 18.2. The van der Waals surface area contributed by atoms with Crippen LogP contribution in [0.4, 0.5) is 0 Å². The highest BCUT2D eigenvalue weighted by Gasteiger charge is 2.45. The second kappa shape index (κ2) is 10.3. The number of ketones is 1. The van der Waals surface area contributed by atoms with Crippen LogP contribution in [0, 0.1) is 23.7 Å². The molecule has 3 aliphatic carbocycles. The van der Waals surface area contributed by atoms with Gasteiger partial charge >= 0.3 is 0 Å². The molecule has 0 radical (unpaired) electrons. The quantitative estimate of drug-likeness (QED) is 0.530. The number of carbonyl (C=O) groups excluding carboxylic acids is 1. The van der Waals surface area contributed by atoms with E-state index >= 15 is 0 Å². The minimum Gasteiger partial charge on any atom is -0.496 e. The summed E-state index contributed by atoms with van der Waals surface area (Å²) in [6.07, 6.45) is 14.9. The molecule has 5 rings (SSSR count). The average molecular weight is 441 g/mol. The summed E-state index contributed by atoms with van der Waals surface area (Å²) in [6.45, 7) is 0.829. The van der Waals surface area contributed by atoms with Crippen LogP contribution in [0.25, 0.3) is 0 Å². The molecule has 0 spiro atoms. The molecule has 5 atom stereocenters. The number of Topliss-reactive ketones (excluding diaryl/α,β-unsaturated/α-hetero) is 1. The first kappa shape index (κ1) is 22.4. The molecule has 0 bridgehead atoms. The lowest BCUT2D eigenvalue weighted by atomic mass is 9.73. The molecule has 4 nitrogen and oxygen atoms in total. The fraction of sp³-hybridized carbons (Fsp3) is 0.750. The van der Waals surface area contributed by atoms with Crippen LogP contribution in [0.3, 0.4) is 0 Å². The molecule has 1 heterocycles. The van der Waals surface area contributed by atoms with Crippen LogP contribution in [-0.4, -0.2) is 31.9 Å². The zero-order chi connectivity index (χ0) is 21.9. The first-order chi connectivity index (χ1) is 15.7. The SMILES string of the molecule is COc1cccc2c1C[C@H]1CC(=O)[C@@H](CC[C@@H](OC3CCCCO3)C3CCCCC3)[C@H]1C2. The highest BCUT2D eigenvalue weighted by Crippen LogP contribution is 2.47. The average Bonchev–Trinajstić information content (AvgIpc) is 3.14. The van der Waals surface area contributed by atoms with Crippen LogP contribution < -0.4 is 4.74 Å². The number of hydrogen-bond acceptors (Lipinski definition) is 4. The predicted molar refractivity (Wildman–Crippen MR) is 125 cm³/mol. The van der Waals surface area contributed by atoms with E-state index < -0.39 is 0 Å². The van der Waals surface area contributed by atoms with Crippen molar-refractivity contribution in [3.63, 3.8) is 0 Å². The van der Waals surface area contributed by atoms with Crippen molar-refractivity contribution < 1.29 is 19.0 Å². The van der Waals surface area contributed by atoms with Crippen LogP contribution in [0.2, 0.25) is 0 Å². The third-order valence-corrected chi connectivity index (χ3v) is 8.77. The molecule has 4 heteroatoms. The number of carbonyl (C=O) groups is 1. The van der Waals surface area contributed by atoms with Crippen LogP contribution in [0.15, 0.2) is 18.2 Å². The predicted octanol–water partition coefficient (Wildman–Crippen LogP) is 5.89. The van der Waals surface area contributed by atoms with E-state index in [2.05, 4.69) is 18.2 Å². The van der Waals surface area contributed by atoms with Gasteiger partial charge < -0.3 is 14.2 Å². The van der Waals surface area contributed by atoms with E-state index in [1.165, 1.54) is 49.7 Å². The summed E-state index contributed by atoms with van der Waals surface area (Å²) in [5.74, 6) is 3.28. The van der Waals surface area contributed by atoms with Gasteiger partial charge in [0.15, 0.2) is 6.29 Å².